The zero-order chi connectivity index (χ0) is 19.9. The molecule has 2 amide bonds. The van der Waals surface area contributed by atoms with E-state index in [1.807, 2.05) is 0 Å². The Balaban J connectivity index is 1.90. The Labute approximate surface area is 162 Å². The van der Waals surface area contributed by atoms with Crippen LogP contribution in [0, 0.1) is 0 Å². The fourth-order valence-corrected chi connectivity index (χ4v) is 3.04. The van der Waals surface area contributed by atoms with E-state index >= 15 is 0 Å². The molecule has 1 aliphatic rings. The molecule has 8 nitrogen and oxygen atoms in total. The fourth-order valence-electron chi connectivity index (χ4n) is 2.84. The first-order valence-electron chi connectivity index (χ1n) is 8.68. The van der Waals surface area contributed by atoms with Crippen LogP contribution in [0.25, 0.3) is 5.52 Å². The average molecular weight is 395 g/mol. The highest BCUT2D eigenvalue weighted by Crippen LogP contribution is 2.26. The van der Waals surface area contributed by atoms with Crippen molar-refractivity contribution in [3.05, 3.63) is 28.9 Å². The molecule has 2 aromatic heterocycles. The summed E-state index contributed by atoms with van der Waals surface area (Å²) in [5.74, 6) is 0.0832. The van der Waals surface area contributed by atoms with Crippen LogP contribution in [0.2, 0.25) is 5.02 Å². The van der Waals surface area contributed by atoms with Crippen molar-refractivity contribution in [1.82, 2.24) is 14.9 Å². The van der Waals surface area contributed by atoms with Crippen LogP contribution >= 0.6 is 11.6 Å². The molecule has 0 aromatic carbocycles. The number of rotatable bonds is 3. The molecule has 0 aliphatic heterocycles. The van der Waals surface area contributed by atoms with Crippen LogP contribution in [-0.4, -0.2) is 51.5 Å². The van der Waals surface area contributed by atoms with E-state index in [-0.39, 0.29) is 18.1 Å². The molecular weight excluding hydrogens is 372 g/mol. The van der Waals surface area contributed by atoms with E-state index in [1.165, 1.54) is 15.6 Å². The number of anilines is 1. The van der Waals surface area contributed by atoms with Gasteiger partial charge in [-0.15, -0.1) is 0 Å². The van der Waals surface area contributed by atoms with E-state index in [4.69, 9.17) is 16.3 Å². The number of fused-ring (bicyclic) bond motifs is 1. The van der Waals surface area contributed by atoms with Gasteiger partial charge in [-0.2, -0.15) is 5.10 Å². The van der Waals surface area contributed by atoms with Gasteiger partial charge in [0.25, 0.3) is 5.91 Å². The lowest BCUT2D eigenvalue weighted by atomic mass is 9.89. The molecule has 0 atom stereocenters. The summed E-state index contributed by atoms with van der Waals surface area (Å²) in [6.07, 6.45) is 1.60. The number of hydrogen-bond acceptors (Lipinski definition) is 5. The first-order chi connectivity index (χ1) is 12.5. The third-order valence-electron chi connectivity index (χ3n) is 4.27. The quantitative estimate of drug-likeness (QED) is 0.834. The second kappa shape index (κ2) is 7.01. The van der Waals surface area contributed by atoms with Gasteiger partial charge < -0.3 is 15.2 Å². The van der Waals surface area contributed by atoms with Crippen LogP contribution < -0.4 is 10.2 Å². The second-order valence-corrected chi connectivity index (χ2v) is 8.16. The third-order valence-corrected chi connectivity index (χ3v) is 4.49. The SMILES string of the molecule is CN(C(=O)OC(C)(C)C)c1cc(Cl)cc2c(C(=O)NC3CC(O)C3)cnn12. The predicted octanol–water partition coefficient (Wildman–Crippen LogP) is 2.61. The zero-order valence-electron chi connectivity index (χ0n) is 15.7. The smallest absolute Gasteiger partial charge is 0.415 e. The molecule has 0 radical (unpaired) electrons. The van der Waals surface area contributed by atoms with Crippen LogP contribution in [0.3, 0.4) is 0 Å². The van der Waals surface area contributed by atoms with Crippen LogP contribution in [0.15, 0.2) is 18.3 Å². The van der Waals surface area contributed by atoms with Gasteiger partial charge in [0.1, 0.15) is 11.4 Å². The van der Waals surface area contributed by atoms with E-state index < -0.39 is 11.7 Å². The normalized spacial score (nSPS) is 19.5. The Morgan fingerprint density at radius 1 is 1.37 bits per heavy atom. The standard InChI is InChI=1S/C18H23ClN4O4/c1-18(2,3)27-17(26)22(4)15-6-10(19)5-14-13(9-20-23(14)15)16(25)21-11-7-12(24)8-11/h5-6,9,11-12,24H,7-8H2,1-4H3,(H,21,25). The molecule has 2 heterocycles. The van der Waals surface area contributed by atoms with Gasteiger partial charge in [0, 0.05) is 18.1 Å². The Bertz CT molecular complexity index is 883. The first kappa shape index (κ1) is 19.4. The maximum absolute atomic E-state index is 12.5. The fraction of sp³-hybridized carbons (Fsp3) is 0.500. The number of nitrogens with one attached hydrogen (secondary N) is 1. The molecule has 0 bridgehead atoms. The van der Waals surface area contributed by atoms with Gasteiger partial charge in [-0.05, 0) is 45.7 Å². The third kappa shape index (κ3) is 4.17. The summed E-state index contributed by atoms with van der Waals surface area (Å²) in [7, 11) is 1.55. The molecule has 146 valence electrons. The predicted molar refractivity (Wildman–Crippen MR) is 101 cm³/mol. The number of nitrogens with zero attached hydrogens (tertiary/aromatic N) is 3. The largest absolute Gasteiger partial charge is 0.443 e. The summed E-state index contributed by atoms with van der Waals surface area (Å²) in [6, 6.07) is 3.14. The zero-order valence-corrected chi connectivity index (χ0v) is 16.4. The molecule has 3 rings (SSSR count). The molecular formula is C18H23ClN4O4. The molecule has 27 heavy (non-hydrogen) atoms. The van der Waals surface area contributed by atoms with Crippen LogP contribution in [0.4, 0.5) is 10.6 Å². The molecule has 0 saturated heterocycles. The van der Waals surface area contributed by atoms with Crippen molar-refractivity contribution >= 4 is 34.9 Å². The van der Waals surface area contributed by atoms with Gasteiger partial charge in [-0.3, -0.25) is 9.69 Å². The van der Waals surface area contributed by atoms with Crippen molar-refractivity contribution in [2.45, 2.75) is 51.4 Å². The van der Waals surface area contributed by atoms with Gasteiger partial charge in [-0.25, -0.2) is 9.31 Å². The molecule has 1 aliphatic carbocycles. The summed E-state index contributed by atoms with van der Waals surface area (Å²) in [4.78, 5) is 26.2. The number of halogens is 1. The Morgan fingerprint density at radius 3 is 2.63 bits per heavy atom. The number of hydrogen-bond donors (Lipinski definition) is 2. The van der Waals surface area contributed by atoms with E-state index in [1.54, 1.807) is 40.0 Å². The molecule has 2 N–H and O–H groups in total. The summed E-state index contributed by atoms with van der Waals surface area (Å²) >= 11 is 6.22. The van der Waals surface area contributed by atoms with Crippen LogP contribution in [0.1, 0.15) is 44.0 Å². The van der Waals surface area contributed by atoms with E-state index in [0.717, 1.165) is 0 Å². The molecule has 1 fully saturated rings. The summed E-state index contributed by atoms with van der Waals surface area (Å²) in [6.45, 7) is 5.33. The minimum Gasteiger partial charge on any atom is -0.443 e. The summed E-state index contributed by atoms with van der Waals surface area (Å²) < 4.78 is 6.85. The van der Waals surface area contributed by atoms with Gasteiger partial charge >= 0.3 is 6.09 Å². The van der Waals surface area contributed by atoms with Crippen molar-refractivity contribution in [3.63, 3.8) is 0 Å². The number of aliphatic hydroxyl groups is 1. The lowest BCUT2D eigenvalue weighted by Gasteiger charge is -2.31. The number of ether oxygens (including phenoxy) is 1. The van der Waals surface area contributed by atoms with Crippen molar-refractivity contribution in [3.8, 4) is 0 Å². The number of aliphatic hydroxyl groups excluding tert-OH is 1. The summed E-state index contributed by atoms with van der Waals surface area (Å²) in [5.41, 5.74) is 0.175. The Hall–Kier alpha value is -2.32. The minimum absolute atomic E-state index is 0.0504. The molecule has 9 heteroatoms. The lowest BCUT2D eigenvalue weighted by molar-refractivity contribution is 0.0560. The second-order valence-electron chi connectivity index (χ2n) is 7.72. The van der Waals surface area contributed by atoms with Gasteiger partial charge in [-0.1, -0.05) is 11.6 Å². The number of carbonyl (C=O) groups excluding carboxylic acids is 2. The minimum atomic E-state index is -0.647. The highest BCUT2D eigenvalue weighted by atomic mass is 35.5. The van der Waals surface area contributed by atoms with Gasteiger partial charge in [0.15, 0.2) is 0 Å². The van der Waals surface area contributed by atoms with Crippen LogP contribution in [0.5, 0.6) is 0 Å². The highest BCUT2D eigenvalue weighted by Gasteiger charge is 2.30. The van der Waals surface area contributed by atoms with Crippen molar-refractivity contribution in [2.24, 2.45) is 0 Å². The Kier molecular flexibility index (Phi) is 5.05. The molecule has 0 unspecified atom stereocenters. The monoisotopic (exact) mass is 394 g/mol. The van der Waals surface area contributed by atoms with E-state index in [0.29, 0.717) is 34.8 Å². The van der Waals surface area contributed by atoms with Crippen molar-refractivity contribution < 1.29 is 19.4 Å². The number of amides is 2. The molecule has 1 saturated carbocycles. The van der Waals surface area contributed by atoms with Crippen molar-refractivity contribution in [1.29, 1.82) is 0 Å². The molecule has 2 aromatic rings. The number of aromatic nitrogens is 2. The van der Waals surface area contributed by atoms with Gasteiger partial charge in [0.05, 0.1) is 23.4 Å². The Morgan fingerprint density at radius 2 is 2.04 bits per heavy atom. The number of pyridine rings is 1. The van der Waals surface area contributed by atoms with Crippen LogP contribution in [-0.2, 0) is 4.74 Å². The first-order valence-corrected chi connectivity index (χ1v) is 9.06. The maximum Gasteiger partial charge on any atom is 0.415 e. The van der Waals surface area contributed by atoms with E-state index in [2.05, 4.69) is 10.4 Å². The average Bonchev–Trinajstić information content (AvgIpc) is 2.93. The topological polar surface area (TPSA) is 96.2 Å². The van der Waals surface area contributed by atoms with Crippen molar-refractivity contribution in [2.75, 3.05) is 11.9 Å². The lowest BCUT2D eigenvalue weighted by Crippen LogP contribution is -2.46. The maximum atomic E-state index is 12.5. The molecule has 0 spiro atoms. The van der Waals surface area contributed by atoms with E-state index in [9.17, 15) is 14.7 Å². The highest BCUT2D eigenvalue weighted by molar-refractivity contribution is 6.31. The number of carbonyl (C=O) groups is 2. The van der Waals surface area contributed by atoms with Gasteiger partial charge in [0.2, 0.25) is 0 Å². The summed E-state index contributed by atoms with van der Waals surface area (Å²) in [5, 5.41) is 16.8.